The monoisotopic (exact) mass is 242 g/mol. The molecule has 5 nitrogen and oxygen atoms in total. The number of nitrogens with one attached hydrogen (secondary N) is 1. The number of amides is 2. The van der Waals surface area contributed by atoms with Gasteiger partial charge in [-0.05, 0) is 26.2 Å². The van der Waals surface area contributed by atoms with Crippen molar-refractivity contribution in [2.75, 3.05) is 32.9 Å². The summed E-state index contributed by atoms with van der Waals surface area (Å²) in [5.41, 5.74) is 0. The maximum Gasteiger partial charge on any atom is 0.317 e. The van der Waals surface area contributed by atoms with Gasteiger partial charge in [-0.1, -0.05) is 0 Å². The molecule has 0 aliphatic carbocycles. The molecule has 0 aromatic rings. The fourth-order valence-corrected chi connectivity index (χ4v) is 2.30. The third-order valence-corrected chi connectivity index (χ3v) is 3.37. The summed E-state index contributed by atoms with van der Waals surface area (Å²) in [6.45, 7) is 5.65. The first-order valence-corrected chi connectivity index (χ1v) is 6.54. The van der Waals surface area contributed by atoms with Crippen LogP contribution < -0.4 is 5.32 Å². The molecule has 2 aliphatic rings. The molecule has 17 heavy (non-hydrogen) atoms. The standard InChI is InChI=1S/C12H22N2O3/c1-2-14(8-11-4-3-6-17-11)12(15)13-10-5-7-16-9-10/h10-11H,2-9H2,1H3,(H,13,15). The van der Waals surface area contributed by atoms with Crippen molar-refractivity contribution < 1.29 is 14.3 Å². The largest absolute Gasteiger partial charge is 0.379 e. The average molecular weight is 242 g/mol. The lowest BCUT2D eigenvalue weighted by Crippen LogP contribution is -2.47. The first kappa shape index (κ1) is 12.6. The number of rotatable bonds is 4. The van der Waals surface area contributed by atoms with E-state index in [9.17, 15) is 4.79 Å². The number of urea groups is 1. The molecular formula is C12H22N2O3. The molecule has 2 fully saturated rings. The molecule has 2 saturated heterocycles. The summed E-state index contributed by atoms with van der Waals surface area (Å²) in [4.78, 5) is 13.8. The Kier molecular flexibility index (Phi) is 4.62. The van der Waals surface area contributed by atoms with Gasteiger partial charge in [0, 0.05) is 26.3 Å². The first-order valence-electron chi connectivity index (χ1n) is 6.54. The zero-order chi connectivity index (χ0) is 12.1. The summed E-state index contributed by atoms with van der Waals surface area (Å²) in [6, 6.07) is 0.194. The summed E-state index contributed by atoms with van der Waals surface area (Å²) in [7, 11) is 0. The van der Waals surface area contributed by atoms with E-state index < -0.39 is 0 Å². The lowest BCUT2D eigenvalue weighted by atomic mass is 10.2. The van der Waals surface area contributed by atoms with Crippen LogP contribution in [0.3, 0.4) is 0 Å². The van der Waals surface area contributed by atoms with Gasteiger partial charge in [0.25, 0.3) is 0 Å². The Morgan fingerprint density at radius 2 is 2.29 bits per heavy atom. The molecule has 1 N–H and O–H groups in total. The number of carbonyl (C=O) groups is 1. The predicted molar refractivity (Wildman–Crippen MR) is 64.0 cm³/mol. The molecule has 2 rings (SSSR count). The van der Waals surface area contributed by atoms with E-state index in [1.807, 2.05) is 11.8 Å². The van der Waals surface area contributed by atoms with Crippen molar-refractivity contribution in [1.82, 2.24) is 10.2 Å². The van der Waals surface area contributed by atoms with E-state index in [2.05, 4.69) is 5.32 Å². The van der Waals surface area contributed by atoms with Crippen molar-refractivity contribution in [3.05, 3.63) is 0 Å². The first-order chi connectivity index (χ1) is 8.29. The third kappa shape index (κ3) is 3.57. The predicted octanol–water partition coefficient (Wildman–Crippen LogP) is 0.986. The molecule has 0 aromatic carbocycles. The number of likely N-dealkylation sites (N-methyl/N-ethyl adjacent to an activating group) is 1. The van der Waals surface area contributed by atoms with Crippen molar-refractivity contribution in [1.29, 1.82) is 0 Å². The number of carbonyl (C=O) groups excluding carboxylic acids is 1. The lowest BCUT2D eigenvalue weighted by Gasteiger charge is -2.25. The van der Waals surface area contributed by atoms with E-state index in [0.29, 0.717) is 13.2 Å². The Hall–Kier alpha value is -0.810. The zero-order valence-corrected chi connectivity index (χ0v) is 10.5. The van der Waals surface area contributed by atoms with Crippen LogP contribution in [-0.4, -0.2) is 56.0 Å². The highest BCUT2D eigenvalue weighted by Gasteiger charge is 2.24. The Bertz CT molecular complexity index is 248. The van der Waals surface area contributed by atoms with Gasteiger partial charge in [-0.2, -0.15) is 0 Å². The highest BCUT2D eigenvalue weighted by Crippen LogP contribution is 2.13. The van der Waals surface area contributed by atoms with Gasteiger partial charge in [0.1, 0.15) is 0 Å². The molecule has 0 saturated carbocycles. The van der Waals surface area contributed by atoms with Crippen LogP contribution in [0.2, 0.25) is 0 Å². The number of nitrogens with zero attached hydrogens (tertiary/aromatic N) is 1. The normalized spacial score (nSPS) is 28.3. The molecular weight excluding hydrogens is 220 g/mol. The fraction of sp³-hybridized carbons (Fsp3) is 0.917. The van der Waals surface area contributed by atoms with Crippen LogP contribution >= 0.6 is 0 Å². The third-order valence-electron chi connectivity index (χ3n) is 3.37. The van der Waals surface area contributed by atoms with Crippen LogP contribution in [0.1, 0.15) is 26.2 Å². The molecule has 0 bridgehead atoms. The molecule has 5 heteroatoms. The SMILES string of the molecule is CCN(CC1CCCO1)C(=O)NC1CCOC1. The summed E-state index contributed by atoms with van der Waals surface area (Å²) in [5.74, 6) is 0. The van der Waals surface area contributed by atoms with Gasteiger partial charge in [0.05, 0.1) is 18.8 Å². The second kappa shape index (κ2) is 6.21. The second-order valence-corrected chi connectivity index (χ2v) is 4.68. The molecule has 2 unspecified atom stereocenters. The molecule has 0 aromatic heterocycles. The summed E-state index contributed by atoms with van der Waals surface area (Å²) >= 11 is 0. The average Bonchev–Trinajstić information content (AvgIpc) is 2.97. The highest BCUT2D eigenvalue weighted by atomic mass is 16.5. The van der Waals surface area contributed by atoms with Crippen LogP contribution in [0.25, 0.3) is 0 Å². The van der Waals surface area contributed by atoms with E-state index in [0.717, 1.165) is 39.0 Å². The van der Waals surface area contributed by atoms with Gasteiger partial charge >= 0.3 is 6.03 Å². The number of hydrogen-bond acceptors (Lipinski definition) is 3. The second-order valence-electron chi connectivity index (χ2n) is 4.68. The fourth-order valence-electron chi connectivity index (χ4n) is 2.30. The number of hydrogen-bond donors (Lipinski definition) is 1. The van der Waals surface area contributed by atoms with Crippen LogP contribution in [0.4, 0.5) is 4.79 Å². The smallest absolute Gasteiger partial charge is 0.317 e. The molecule has 2 amide bonds. The quantitative estimate of drug-likeness (QED) is 0.799. The number of ether oxygens (including phenoxy) is 2. The Morgan fingerprint density at radius 1 is 1.41 bits per heavy atom. The van der Waals surface area contributed by atoms with Gasteiger partial charge in [0.15, 0.2) is 0 Å². The summed E-state index contributed by atoms with van der Waals surface area (Å²) < 4.78 is 10.8. The van der Waals surface area contributed by atoms with Gasteiger partial charge in [0.2, 0.25) is 0 Å². The topological polar surface area (TPSA) is 50.8 Å². The minimum atomic E-state index is 0.0125. The van der Waals surface area contributed by atoms with E-state index in [-0.39, 0.29) is 18.2 Å². The van der Waals surface area contributed by atoms with Crippen LogP contribution in [-0.2, 0) is 9.47 Å². The van der Waals surface area contributed by atoms with Gasteiger partial charge < -0.3 is 19.7 Å². The lowest BCUT2D eigenvalue weighted by molar-refractivity contribution is 0.0819. The molecule has 2 atom stereocenters. The minimum absolute atomic E-state index is 0.0125. The van der Waals surface area contributed by atoms with Gasteiger partial charge in [-0.15, -0.1) is 0 Å². The van der Waals surface area contributed by atoms with Crippen molar-refractivity contribution in [2.24, 2.45) is 0 Å². The van der Waals surface area contributed by atoms with Crippen molar-refractivity contribution >= 4 is 6.03 Å². The van der Waals surface area contributed by atoms with E-state index in [1.54, 1.807) is 0 Å². The van der Waals surface area contributed by atoms with Crippen molar-refractivity contribution in [3.63, 3.8) is 0 Å². The Balaban J connectivity index is 1.77. The van der Waals surface area contributed by atoms with Crippen LogP contribution in [0, 0.1) is 0 Å². The van der Waals surface area contributed by atoms with Crippen molar-refractivity contribution in [3.8, 4) is 0 Å². The molecule has 0 radical (unpaired) electrons. The molecule has 2 aliphatic heterocycles. The van der Waals surface area contributed by atoms with E-state index >= 15 is 0 Å². The van der Waals surface area contributed by atoms with Gasteiger partial charge in [-0.3, -0.25) is 0 Å². The van der Waals surface area contributed by atoms with E-state index in [4.69, 9.17) is 9.47 Å². The molecule has 0 spiro atoms. The van der Waals surface area contributed by atoms with Crippen LogP contribution in [0.15, 0.2) is 0 Å². The van der Waals surface area contributed by atoms with Crippen molar-refractivity contribution in [2.45, 2.75) is 38.3 Å². The Labute approximate surface area is 102 Å². The maximum atomic E-state index is 12.0. The maximum absolute atomic E-state index is 12.0. The Morgan fingerprint density at radius 3 is 2.88 bits per heavy atom. The summed E-state index contributed by atoms with van der Waals surface area (Å²) in [5, 5.41) is 3.01. The summed E-state index contributed by atoms with van der Waals surface area (Å²) in [6.07, 6.45) is 3.32. The minimum Gasteiger partial charge on any atom is -0.379 e. The highest BCUT2D eigenvalue weighted by molar-refractivity contribution is 5.74. The van der Waals surface area contributed by atoms with E-state index in [1.165, 1.54) is 0 Å². The molecule has 98 valence electrons. The molecule has 2 heterocycles. The zero-order valence-electron chi connectivity index (χ0n) is 10.5. The van der Waals surface area contributed by atoms with Gasteiger partial charge in [-0.25, -0.2) is 4.79 Å². The van der Waals surface area contributed by atoms with Crippen LogP contribution in [0.5, 0.6) is 0 Å².